The van der Waals surface area contributed by atoms with E-state index in [-0.39, 0.29) is 0 Å². The Morgan fingerprint density at radius 1 is 0.846 bits per heavy atom. The van der Waals surface area contributed by atoms with Crippen molar-refractivity contribution < 1.29 is 0 Å². The van der Waals surface area contributed by atoms with Crippen LogP contribution in [0.5, 0.6) is 0 Å². The van der Waals surface area contributed by atoms with Crippen LogP contribution < -0.4 is 5.32 Å². The Kier molecular flexibility index (Phi) is 5.50. The van der Waals surface area contributed by atoms with E-state index >= 15 is 0 Å². The molecular formula is C29H26N10. The molecule has 0 bridgehead atoms. The number of rotatable bonds is 6. The molecule has 0 saturated carbocycles. The summed E-state index contributed by atoms with van der Waals surface area (Å²) in [5, 5.41) is 17.0. The van der Waals surface area contributed by atoms with Crippen molar-refractivity contribution in [1.29, 1.82) is 0 Å². The molecule has 0 unspecified atom stereocenters. The number of nitrogens with one attached hydrogen (secondary N) is 1. The lowest BCUT2D eigenvalue weighted by Crippen LogP contribution is -2.08. The maximum atomic E-state index is 4.98. The number of anilines is 2. The van der Waals surface area contributed by atoms with Crippen molar-refractivity contribution in [2.75, 3.05) is 5.32 Å². The largest absolute Gasteiger partial charge is 0.321 e. The molecule has 6 aromatic rings. The molecule has 0 amide bonds. The van der Waals surface area contributed by atoms with Crippen molar-refractivity contribution in [3.05, 3.63) is 96.6 Å². The Labute approximate surface area is 225 Å². The fraction of sp³-hybridized carbons (Fsp3) is 0.172. The van der Waals surface area contributed by atoms with Gasteiger partial charge < -0.3 is 5.32 Å². The standard InChI is InChI=1S/C29H26N10/c1-37-17-23(14-32-37)20-3-5-21(6-4-20)28-26-25(36-38(28)2)8-7-22-13-31-29(35-27(22)26)34-24-15-33-39(18-24)16-19-9-11-30-12-10-19/h3-6,9-15,17-18H,7-8,16H2,1-2H3,(H,31,34,35). The highest BCUT2D eigenvalue weighted by Crippen LogP contribution is 2.40. The Morgan fingerprint density at radius 3 is 2.46 bits per heavy atom. The summed E-state index contributed by atoms with van der Waals surface area (Å²) >= 11 is 0. The first-order valence-corrected chi connectivity index (χ1v) is 12.8. The van der Waals surface area contributed by atoms with Crippen LogP contribution in [0, 0.1) is 0 Å². The highest BCUT2D eigenvalue weighted by molar-refractivity contribution is 5.85. The summed E-state index contributed by atoms with van der Waals surface area (Å²) in [6, 6.07) is 12.5. The maximum absolute atomic E-state index is 4.98. The molecule has 1 aliphatic rings. The summed E-state index contributed by atoms with van der Waals surface area (Å²) in [7, 11) is 3.93. The number of hydrogen-bond donors (Lipinski definition) is 1. The molecule has 10 nitrogen and oxygen atoms in total. The Morgan fingerprint density at radius 2 is 1.67 bits per heavy atom. The average Bonchev–Trinajstić information content (AvgIpc) is 3.67. The first-order valence-electron chi connectivity index (χ1n) is 12.8. The third-order valence-electron chi connectivity index (χ3n) is 7.03. The lowest BCUT2D eigenvalue weighted by molar-refractivity contribution is 0.686. The molecule has 192 valence electrons. The fourth-order valence-corrected chi connectivity index (χ4v) is 5.16. The lowest BCUT2D eigenvalue weighted by atomic mass is 9.91. The van der Waals surface area contributed by atoms with Crippen LogP contribution in [0.15, 0.2) is 79.8 Å². The predicted molar refractivity (Wildman–Crippen MR) is 148 cm³/mol. The van der Waals surface area contributed by atoms with E-state index in [1.54, 1.807) is 18.6 Å². The smallest absolute Gasteiger partial charge is 0.227 e. The number of aromatic nitrogens is 9. The Hall–Kier alpha value is -5.12. The van der Waals surface area contributed by atoms with Crippen LogP contribution in [-0.2, 0) is 33.5 Å². The zero-order chi connectivity index (χ0) is 26.3. The molecule has 1 aromatic carbocycles. The minimum atomic E-state index is 0.534. The molecule has 0 spiro atoms. The predicted octanol–water partition coefficient (Wildman–Crippen LogP) is 4.43. The van der Waals surface area contributed by atoms with E-state index in [1.807, 2.05) is 65.1 Å². The van der Waals surface area contributed by atoms with Gasteiger partial charge in [-0.1, -0.05) is 24.3 Å². The van der Waals surface area contributed by atoms with Crippen LogP contribution in [0.25, 0.3) is 33.6 Å². The number of hydrogen-bond acceptors (Lipinski definition) is 7. The third kappa shape index (κ3) is 4.35. The molecule has 7 rings (SSSR count). The summed E-state index contributed by atoms with van der Waals surface area (Å²) in [4.78, 5) is 13.7. The van der Waals surface area contributed by atoms with E-state index < -0.39 is 0 Å². The molecule has 0 saturated heterocycles. The van der Waals surface area contributed by atoms with Crippen molar-refractivity contribution in [2.45, 2.75) is 19.4 Å². The monoisotopic (exact) mass is 514 g/mol. The van der Waals surface area contributed by atoms with Crippen LogP contribution in [0.4, 0.5) is 11.6 Å². The van der Waals surface area contributed by atoms with Gasteiger partial charge in [-0.15, -0.1) is 0 Å². The molecule has 0 radical (unpaired) electrons. The quantitative estimate of drug-likeness (QED) is 0.351. The molecular weight excluding hydrogens is 488 g/mol. The molecule has 1 aliphatic carbocycles. The molecule has 5 heterocycles. The van der Waals surface area contributed by atoms with E-state index in [9.17, 15) is 0 Å². The number of fused-ring (bicyclic) bond motifs is 3. The summed E-state index contributed by atoms with van der Waals surface area (Å²) in [6.45, 7) is 0.664. The second kappa shape index (κ2) is 9.32. The number of pyridine rings is 1. The van der Waals surface area contributed by atoms with Gasteiger partial charge in [0.05, 0.1) is 41.7 Å². The Bertz CT molecular complexity index is 1780. The number of nitrogens with zero attached hydrogens (tertiary/aromatic N) is 9. The van der Waals surface area contributed by atoms with E-state index in [1.165, 1.54) is 0 Å². The van der Waals surface area contributed by atoms with Gasteiger partial charge in [0.25, 0.3) is 0 Å². The normalized spacial score (nSPS) is 12.3. The average molecular weight is 515 g/mol. The zero-order valence-electron chi connectivity index (χ0n) is 21.7. The van der Waals surface area contributed by atoms with Crippen LogP contribution in [-0.4, -0.2) is 44.3 Å². The molecule has 1 N–H and O–H groups in total. The van der Waals surface area contributed by atoms with Gasteiger partial charge in [0.15, 0.2) is 0 Å². The molecule has 0 aliphatic heterocycles. The third-order valence-corrected chi connectivity index (χ3v) is 7.03. The highest BCUT2D eigenvalue weighted by atomic mass is 15.3. The van der Waals surface area contributed by atoms with Crippen molar-refractivity contribution in [1.82, 2.24) is 44.3 Å². The first kappa shape index (κ1) is 23.0. The van der Waals surface area contributed by atoms with E-state index in [2.05, 4.69) is 49.7 Å². The van der Waals surface area contributed by atoms with Crippen molar-refractivity contribution in [3.63, 3.8) is 0 Å². The van der Waals surface area contributed by atoms with Gasteiger partial charge in [0.1, 0.15) is 0 Å². The van der Waals surface area contributed by atoms with Gasteiger partial charge in [-0.3, -0.25) is 19.0 Å². The second-order valence-corrected chi connectivity index (χ2v) is 9.75. The van der Waals surface area contributed by atoms with Gasteiger partial charge in [-0.05, 0) is 41.7 Å². The first-order chi connectivity index (χ1) is 19.1. The summed E-state index contributed by atoms with van der Waals surface area (Å²) < 4.78 is 5.66. The van der Waals surface area contributed by atoms with Gasteiger partial charge >= 0.3 is 0 Å². The van der Waals surface area contributed by atoms with E-state index in [0.717, 1.165) is 69.0 Å². The van der Waals surface area contributed by atoms with Gasteiger partial charge in [-0.2, -0.15) is 15.3 Å². The SMILES string of the molecule is Cn1cc(-c2ccc(-c3c4c(nn3C)CCc3cnc(Nc5cnn(Cc6ccncc6)c5)nc3-4)cc2)cn1. The van der Waals surface area contributed by atoms with Gasteiger partial charge in [0.2, 0.25) is 5.95 Å². The number of benzene rings is 1. The lowest BCUT2D eigenvalue weighted by Gasteiger charge is -2.17. The topological polar surface area (TPSA) is 104 Å². The minimum Gasteiger partial charge on any atom is -0.321 e. The van der Waals surface area contributed by atoms with Crippen LogP contribution in [0.3, 0.4) is 0 Å². The van der Waals surface area contributed by atoms with Crippen molar-refractivity contribution in [3.8, 4) is 33.6 Å². The Balaban J connectivity index is 1.19. The summed E-state index contributed by atoms with van der Waals surface area (Å²) in [5.74, 6) is 0.534. The van der Waals surface area contributed by atoms with Crippen LogP contribution in [0.1, 0.15) is 16.8 Å². The molecule has 0 atom stereocenters. The fourth-order valence-electron chi connectivity index (χ4n) is 5.16. The van der Waals surface area contributed by atoms with Crippen molar-refractivity contribution in [2.24, 2.45) is 14.1 Å². The molecule has 10 heteroatoms. The van der Waals surface area contributed by atoms with E-state index in [4.69, 9.17) is 10.1 Å². The van der Waals surface area contributed by atoms with Crippen LogP contribution >= 0.6 is 0 Å². The highest BCUT2D eigenvalue weighted by Gasteiger charge is 2.27. The van der Waals surface area contributed by atoms with E-state index in [0.29, 0.717) is 12.5 Å². The zero-order valence-corrected chi connectivity index (χ0v) is 21.7. The minimum absolute atomic E-state index is 0.534. The molecule has 39 heavy (non-hydrogen) atoms. The summed E-state index contributed by atoms with van der Waals surface area (Å²) in [5.41, 5.74) is 10.5. The molecule has 0 fully saturated rings. The summed E-state index contributed by atoms with van der Waals surface area (Å²) in [6.07, 6.45) is 14.9. The maximum Gasteiger partial charge on any atom is 0.227 e. The van der Waals surface area contributed by atoms with Gasteiger partial charge in [0, 0.05) is 61.8 Å². The number of aryl methyl sites for hydroxylation is 4. The molecule has 5 aromatic heterocycles. The van der Waals surface area contributed by atoms with Gasteiger partial charge in [-0.25, -0.2) is 9.97 Å². The second-order valence-electron chi connectivity index (χ2n) is 9.75. The van der Waals surface area contributed by atoms with Crippen molar-refractivity contribution >= 4 is 11.6 Å². The van der Waals surface area contributed by atoms with Crippen LogP contribution in [0.2, 0.25) is 0 Å².